The van der Waals surface area contributed by atoms with Gasteiger partial charge in [0.1, 0.15) is 11.9 Å². The van der Waals surface area contributed by atoms with Crippen LogP contribution in [-0.2, 0) is 0 Å². The first kappa shape index (κ1) is 14.4. The molecule has 0 aliphatic heterocycles. The number of rotatable bonds is 6. The maximum atomic E-state index is 6.12. The van der Waals surface area contributed by atoms with E-state index >= 15 is 0 Å². The fourth-order valence-electron chi connectivity index (χ4n) is 2.74. The van der Waals surface area contributed by atoms with Crippen molar-refractivity contribution in [2.75, 3.05) is 6.54 Å². The summed E-state index contributed by atoms with van der Waals surface area (Å²) in [5, 5.41) is 3.69. The second-order valence-corrected chi connectivity index (χ2v) is 5.66. The molecule has 2 nitrogen and oxygen atoms in total. The van der Waals surface area contributed by atoms with Gasteiger partial charge in [-0.25, -0.2) is 0 Å². The van der Waals surface area contributed by atoms with Gasteiger partial charge in [-0.05, 0) is 37.8 Å². The quantitative estimate of drug-likeness (QED) is 0.833. The number of para-hydroxylation sites is 1. The first-order chi connectivity index (χ1) is 9.29. The lowest BCUT2D eigenvalue weighted by Gasteiger charge is -2.26. The van der Waals surface area contributed by atoms with Crippen molar-refractivity contribution >= 4 is 0 Å². The van der Waals surface area contributed by atoms with E-state index in [0.29, 0.717) is 6.04 Å². The van der Waals surface area contributed by atoms with Gasteiger partial charge >= 0.3 is 0 Å². The highest BCUT2D eigenvalue weighted by atomic mass is 16.5. The molecular weight excluding hydrogens is 234 g/mol. The van der Waals surface area contributed by atoms with Crippen molar-refractivity contribution in [3.05, 3.63) is 29.8 Å². The molecule has 0 spiro atoms. The van der Waals surface area contributed by atoms with Crippen LogP contribution in [0.25, 0.3) is 0 Å². The third-order valence-corrected chi connectivity index (χ3v) is 4.08. The smallest absolute Gasteiger partial charge is 0.122 e. The average Bonchev–Trinajstić information content (AvgIpc) is 2.46. The lowest BCUT2D eigenvalue weighted by atomic mass is 9.95. The molecule has 2 heteroatoms. The van der Waals surface area contributed by atoms with Crippen LogP contribution in [0.5, 0.6) is 5.75 Å². The molecule has 1 aromatic rings. The van der Waals surface area contributed by atoms with Gasteiger partial charge < -0.3 is 10.1 Å². The monoisotopic (exact) mass is 261 g/mol. The summed E-state index contributed by atoms with van der Waals surface area (Å²) < 4.78 is 6.12. The maximum absolute atomic E-state index is 6.12. The van der Waals surface area contributed by atoms with Gasteiger partial charge in [-0.2, -0.15) is 0 Å². The van der Waals surface area contributed by atoms with Gasteiger partial charge in [-0.3, -0.25) is 0 Å². The minimum absolute atomic E-state index is 0.281. The molecule has 1 aromatic carbocycles. The minimum Gasteiger partial charge on any atom is -0.489 e. The third-order valence-electron chi connectivity index (χ3n) is 4.08. The lowest BCUT2D eigenvalue weighted by molar-refractivity contribution is 0.182. The first-order valence-corrected chi connectivity index (χ1v) is 7.75. The van der Waals surface area contributed by atoms with Crippen LogP contribution in [0.2, 0.25) is 0 Å². The number of nitrogens with one attached hydrogen (secondary N) is 1. The van der Waals surface area contributed by atoms with Crippen molar-refractivity contribution < 1.29 is 4.74 Å². The van der Waals surface area contributed by atoms with Crippen LogP contribution in [0.15, 0.2) is 24.3 Å². The van der Waals surface area contributed by atoms with Crippen molar-refractivity contribution in [1.29, 1.82) is 0 Å². The Labute approximate surface area is 117 Å². The Bertz CT molecular complexity index is 371. The zero-order valence-electron chi connectivity index (χ0n) is 12.3. The van der Waals surface area contributed by atoms with Crippen LogP contribution in [0.4, 0.5) is 0 Å². The molecule has 1 saturated carbocycles. The molecule has 1 fully saturated rings. The Morgan fingerprint density at radius 1 is 1.21 bits per heavy atom. The third kappa shape index (κ3) is 4.54. The van der Waals surface area contributed by atoms with Gasteiger partial charge in [-0.15, -0.1) is 0 Å². The summed E-state index contributed by atoms with van der Waals surface area (Å²) >= 11 is 0. The van der Waals surface area contributed by atoms with E-state index in [9.17, 15) is 0 Å². The van der Waals surface area contributed by atoms with Crippen molar-refractivity contribution in [3.8, 4) is 5.75 Å². The van der Waals surface area contributed by atoms with E-state index in [-0.39, 0.29) is 6.10 Å². The Balaban J connectivity index is 1.81. The normalized spacial score (nSPS) is 18.2. The van der Waals surface area contributed by atoms with Gasteiger partial charge in [-0.1, -0.05) is 44.4 Å². The molecule has 0 saturated heterocycles. The highest BCUT2D eigenvalue weighted by Crippen LogP contribution is 2.20. The summed E-state index contributed by atoms with van der Waals surface area (Å²) in [7, 11) is 0. The predicted molar refractivity (Wildman–Crippen MR) is 80.8 cm³/mol. The zero-order chi connectivity index (χ0) is 13.5. The summed E-state index contributed by atoms with van der Waals surface area (Å²) in [5.41, 5.74) is 1.22. The van der Waals surface area contributed by atoms with Gasteiger partial charge in [0.2, 0.25) is 0 Å². The van der Waals surface area contributed by atoms with E-state index in [2.05, 4.69) is 37.4 Å². The van der Waals surface area contributed by atoms with E-state index in [1.807, 2.05) is 6.07 Å². The Kier molecular flexibility index (Phi) is 5.71. The fraction of sp³-hybridized carbons (Fsp3) is 0.647. The van der Waals surface area contributed by atoms with E-state index < -0.39 is 0 Å². The van der Waals surface area contributed by atoms with E-state index in [1.54, 1.807) is 0 Å². The van der Waals surface area contributed by atoms with Crippen LogP contribution < -0.4 is 10.1 Å². The van der Waals surface area contributed by atoms with Gasteiger partial charge in [0.25, 0.3) is 0 Å². The number of aryl methyl sites for hydroxylation is 1. The second kappa shape index (κ2) is 7.54. The summed E-state index contributed by atoms with van der Waals surface area (Å²) in [5.74, 6) is 1.03. The molecule has 0 heterocycles. The van der Waals surface area contributed by atoms with Gasteiger partial charge in [0.15, 0.2) is 0 Å². The largest absolute Gasteiger partial charge is 0.489 e. The highest BCUT2D eigenvalue weighted by Gasteiger charge is 2.15. The number of benzene rings is 1. The molecule has 2 rings (SSSR count). The van der Waals surface area contributed by atoms with Crippen molar-refractivity contribution in [2.24, 2.45) is 0 Å². The van der Waals surface area contributed by atoms with Crippen LogP contribution in [0.1, 0.15) is 51.0 Å². The van der Waals surface area contributed by atoms with Crippen molar-refractivity contribution in [1.82, 2.24) is 5.32 Å². The summed E-state index contributed by atoms with van der Waals surface area (Å²) in [6, 6.07) is 8.99. The zero-order valence-corrected chi connectivity index (χ0v) is 12.3. The van der Waals surface area contributed by atoms with Gasteiger partial charge in [0, 0.05) is 12.6 Å². The van der Waals surface area contributed by atoms with Crippen LogP contribution in [0.3, 0.4) is 0 Å². The van der Waals surface area contributed by atoms with Crippen molar-refractivity contribution in [2.45, 2.75) is 64.5 Å². The van der Waals surface area contributed by atoms with E-state index in [0.717, 1.165) is 18.7 Å². The molecule has 19 heavy (non-hydrogen) atoms. The molecule has 1 aliphatic carbocycles. The maximum Gasteiger partial charge on any atom is 0.122 e. The molecule has 0 aromatic heterocycles. The van der Waals surface area contributed by atoms with Crippen LogP contribution >= 0.6 is 0 Å². The predicted octanol–water partition coefficient (Wildman–Crippen LogP) is 4.07. The minimum atomic E-state index is 0.281. The molecule has 1 unspecified atom stereocenters. The van der Waals surface area contributed by atoms with Crippen molar-refractivity contribution in [3.63, 3.8) is 0 Å². The standard InChI is InChI=1S/C17H27NO/c1-3-16(13-18-15-10-5-4-6-11-15)19-17-12-8-7-9-14(17)2/h7-9,12,15-16,18H,3-6,10-11,13H2,1-2H3. The van der Waals surface area contributed by atoms with Crippen LogP contribution in [-0.4, -0.2) is 18.7 Å². The molecule has 106 valence electrons. The molecular formula is C17H27NO. The Morgan fingerprint density at radius 3 is 2.63 bits per heavy atom. The Hall–Kier alpha value is -1.02. The second-order valence-electron chi connectivity index (χ2n) is 5.66. The number of ether oxygens (including phenoxy) is 1. The van der Waals surface area contributed by atoms with Crippen LogP contribution in [0, 0.1) is 6.92 Å². The molecule has 1 N–H and O–H groups in total. The molecule has 1 atom stereocenters. The average molecular weight is 261 g/mol. The Morgan fingerprint density at radius 2 is 1.95 bits per heavy atom. The summed E-state index contributed by atoms with van der Waals surface area (Å²) in [6.07, 6.45) is 8.17. The molecule has 0 radical (unpaired) electrons. The molecule has 0 bridgehead atoms. The SMILES string of the molecule is CCC(CNC1CCCCC1)Oc1ccccc1C. The van der Waals surface area contributed by atoms with E-state index in [4.69, 9.17) is 4.74 Å². The molecule has 0 amide bonds. The topological polar surface area (TPSA) is 21.3 Å². The number of hydrogen-bond acceptors (Lipinski definition) is 2. The first-order valence-electron chi connectivity index (χ1n) is 7.75. The summed E-state index contributed by atoms with van der Waals surface area (Å²) in [6.45, 7) is 5.28. The lowest BCUT2D eigenvalue weighted by Crippen LogP contribution is -2.38. The van der Waals surface area contributed by atoms with E-state index in [1.165, 1.54) is 37.7 Å². The fourth-order valence-corrected chi connectivity index (χ4v) is 2.74. The van der Waals surface area contributed by atoms with Gasteiger partial charge in [0.05, 0.1) is 0 Å². The molecule has 1 aliphatic rings. The highest BCUT2D eigenvalue weighted by molar-refractivity contribution is 5.31. The summed E-state index contributed by atoms with van der Waals surface area (Å²) in [4.78, 5) is 0. The number of hydrogen-bond donors (Lipinski definition) is 1.